The van der Waals surface area contributed by atoms with Crippen LogP contribution in [-0.2, 0) is 12.8 Å². The van der Waals surface area contributed by atoms with E-state index in [1.165, 1.54) is 30.4 Å². The molecule has 7 heteroatoms. The van der Waals surface area contributed by atoms with E-state index in [0.29, 0.717) is 17.9 Å². The number of ether oxygens (including phenoxy) is 1. The van der Waals surface area contributed by atoms with Gasteiger partial charge >= 0.3 is 0 Å². The molecule has 1 aromatic rings. The molecule has 238 valence electrons. The van der Waals surface area contributed by atoms with Crippen LogP contribution in [0.4, 0.5) is 0 Å². The van der Waals surface area contributed by atoms with E-state index in [4.69, 9.17) is 16.2 Å². The first-order chi connectivity index (χ1) is 19.8. The van der Waals surface area contributed by atoms with Crippen molar-refractivity contribution in [1.29, 1.82) is 0 Å². The highest BCUT2D eigenvalue weighted by atomic mass is 16.5. The van der Waals surface area contributed by atoms with Crippen LogP contribution in [-0.4, -0.2) is 70.5 Å². The third-order valence-corrected chi connectivity index (χ3v) is 7.78. The van der Waals surface area contributed by atoms with Gasteiger partial charge in [-0.25, -0.2) is 0 Å². The first kappa shape index (κ1) is 36.0. The predicted molar refractivity (Wildman–Crippen MR) is 177 cm³/mol. The van der Waals surface area contributed by atoms with Gasteiger partial charge in [0.2, 0.25) is 0 Å². The van der Waals surface area contributed by atoms with Crippen molar-refractivity contribution >= 4 is 0 Å². The molecule has 0 amide bonds. The molecule has 41 heavy (non-hydrogen) atoms. The van der Waals surface area contributed by atoms with Gasteiger partial charge in [0.1, 0.15) is 5.75 Å². The van der Waals surface area contributed by atoms with E-state index < -0.39 is 0 Å². The molecular weight excluding hydrogens is 508 g/mol. The molecule has 1 aliphatic rings. The largest absolute Gasteiger partial charge is 0.490 e. The van der Waals surface area contributed by atoms with Crippen molar-refractivity contribution in [2.45, 2.75) is 117 Å². The third-order valence-electron chi connectivity index (χ3n) is 7.78. The fraction of sp³-hybridized carbons (Fsp3) is 0.824. The number of nitrogens with two attached hydrogens (primary N) is 2. The first-order valence-corrected chi connectivity index (χ1v) is 16.9. The average molecular weight is 575 g/mol. The van der Waals surface area contributed by atoms with Crippen LogP contribution in [0.5, 0.6) is 5.75 Å². The van der Waals surface area contributed by atoms with Crippen molar-refractivity contribution in [2.24, 2.45) is 23.3 Å². The van der Waals surface area contributed by atoms with Crippen LogP contribution < -0.4 is 37.5 Å². The quantitative estimate of drug-likeness (QED) is 0.102. The average Bonchev–Trinajstić information content (AvgIpc) is 2.91. The second kappa shape index (κ2) is 22.3. The minimum absolute atomic E-state index is 0.132. The molecule has 0 aromatic heterocycles. The Hall–Kier alpha value is -1.22. The zero-order valence-electron chi connectivity index (χ0n) is 27.1. The maximum absolute atomic E-state index is 6.60. The maximum Gasteiger partial charge on any atom is 0.120 e. The molecule has 0 bridgehead atoms. The zero-order valence-corrected chi connectivity index (χ0v) is 27.1. The lowest BCUT2D eigenvalue weighted by Crippen LogP contribution is -2.31. The topological polar surface area (TPSA) is 109 Å². The molecule has 0 saturated heterocycles. The standard InChI is InChI=1S/C34H66N6O/c1-27(2)25-39-16-8-14-37-18-12-31(35)21-29-20-30(24-34(23-29)41-33-10-6-5-7-11-33)22-32(36)13-19-38-15-9-17-40-26-28(3)4/h20,23-24,27-28,31-33,37-40H,5-19,21-22,25-26,35-36H2,1-4H3. The minimum Gasteiger partial charge on any atom is -0.490 e. The Balaban J connectivity index is 1.79. The van der Waals surface area contributed by atoms with Crippen LogP contribution >= 0.6 is 0 Å². The van der Waals surface area contributed by atoms with Gasteiger partial charge in [0, 0.05) is 12.1 Å². The summed E-state index contributed by atoms with van der Waals surface area (Å²) < 4.78 is 6.50. The predicted octanol–water partition coefficient (Wildman–Crippen LogP) is 4.37. The van der Waals surface area contributed by atoms with E-state index in [0.717, 1.165) is 109 Å². The number of rotatable bonds is 24. The molecule has 8 N–H and O–H groups in total. The van der Waals surface area contributed by atoms with Gasteiger partial charge in [0.05, 0.1) is 6.10 Å². The van der Waals surface area contributed by atoms with E-state index in [2.05, 4.69) is 67.2 Å². The van der Waals surface area contributed by atoms with E-state index in [1.807, 2.05) is 0 Å². The highest BCUT2D eigenvalue weighted by Crippen LogP contribution is 2.26. The fourth-order valence-electron chi connectivity index (χ4n) is 5.50. The lowest BCUT2D eigenvalue weighted by molar-refractivity contribution is 0.154. The van der Waals surface area contributed by atoms with Gasteiger partial charge in [-0.2, -0.15) is 0 Å². The Labute approximate surface area is 253 Å². The smallest absolute Gasteiger partial charge is 0.120 e. The fourth-order valence-corrected chi connectivity index (χ4v) is 5.50. The highest BCUT2D eigenvalue weighted by molar-refractivity contribution is 5.36. The third kappa shape index (κ3) is 18.8. The van der Waals surface area contributed by atoms with E-state index in [1.54, 1.807) is 0 Å². The maximum atomic E-state index is 6.60. The lowest BCUT2D eigenvalue weighted by atomic mass is 9.96. The second-order valence-electron chi connectivity index (χ2n) is 13.3. The van der Waals surface area contributed by atoms with Crippen LogP contribution in [0, 0.1) is 11.8 Å². The molecule has 7 nitrogen and oxygen atoms in total. The Morgan fingerprint density at radius 2 is 1.12 bits per heavy atom. The summed E-state index contributed by atoms with van der Waals surface area (Å²) in [5, 5.41) is 14.1. The Morgan fingerprint density at radius 1 is 0.659 bits per heavy atom. The Morgan fingerprint density at radius 3 is 1.59 bits per heavy atom. The summed E-state index contributed by atoms with van der Waals surface area (Å²) in [5.74, 6) is 2.42. The van der Waals surface area contributed by atoms with Gasteiger partial charge in [-0.3, -0.25) is 0 Å². The number of hydrogen-bond donors (Lipinski definition) is 6. The summed E-state index contributed by atoms with van der Waals surface area (Å²) in [4.78, 5) is 0. The molecule has 1 saturated carbocycles. The van der Waals surface area contributed by atoms with E-state index in [-0.39, 0.29) is 12.1 Å². The van der Waals surface area contributed by atoms with Crippen molar-refractivity contribution in [3.8, 4) is 5.75 Å². The van der Waals surface area contributed by atoms with E-state index in [9.17, 15) is 0 Å². The lowest BCUT2D eigenvalue weighted by Gasteiger charge is -2.24. The number of nitrogens with one attached hydrogen (secondary N) is 4. The van der Waals surface area contributed by atoms with Gasteiger partial charge in [-0.1, -0.05) is 40.2 Å². The van der Waals surface area contributed by atoms with E-state index >= 15 is 0 Å². The second-order valence-corrected chi connectivity index (χ2v) is 13.3. The Bertz CT molecular complexity index is 717. The molecule has 2 unspecified atom stereocenters. The van der Waals surface area contributed by atoms with Crippen molar-refractivity contribution in [3.05, 3.63) is 29.3 Å². The first-order valence-electron chi connectivity index (χ1n) is 16.9. The SMILES string of the molecule is CC(C)CNCCCNCCC(N)Cc1cc(CC(N)CCNCCCNCC(C)C)cc(OC2CCCCC2)c1. The summed E-state index contributed by atoms with van der Waals surface area (Å²) >= 11 is 0. The molecule has 1 fully saturated rings. The van der Waals surface area contributed by atoms with Gasteiger partial charge < -0.3 is 37.5 Å². The van der Waals surface area contributed by atoms with Crippen LogP contribution in [0.3, 0.4) is 0 Å². The molecule has 2 rings (SSSR count). The molecular formula is C34H66N6O. The van der Waals surface area contributed by atoms with Crippen molar-refractivity contribution in [1.82, 2.24) is 21.3 Å². The highest BCUT2D eigenvalue weighted by Gasteiger charge is 2.17. The monoisotopic (exact) mass is 575 g/mol. The molecule has 1 aromatic carbocycles. The molecule has 0 heterocycles. The Kier molecular flexibility index (Phi) is 19.6. The van der Waals surface area contributed by atoms with Crippen LogP contribution in [0.2, 0.25) is 0 Å². The molecule has 1 aliphatic carbocycles. The number of benzene rings is 1. The summed E-state index contributed by atoms with van der Waals surface area (Å²) in [6.45, 7) is 17.3. The number of hydrogen-bond acceptors (Lipinski definition) is 7. The summed E-state index contributed by atoms with van der Waals surface area (Å²) in [6.07, 6.45) is 12.5. The van der Waals surface area contributed by atoms with Crippen molar-refractivity contribution < 1.29 is 4.74 Å². The normalized spacial score (nSPS) is 16.0. The van der Waals surface area contributed by atoms with Gasteiger partial charge in [0.25, 0.3) is 0 Å². The summed E-state index contributed by atoms with van der Waals surface area (Å²) in [7, 11) is 0. The zero-order chi connectivity index (χ0) is 29.7. The van der Waals surface area contributed by atoms with Crippen LogP contribution in [0.25, 0.3) is 0 Å². The summed E-state index contributed by atoms with van der Waals surface area (Å²) in [5.41, 5.74) is 15.7. The summed E-state index contributed by atoms with van der Waals surface area (Å²) in [6, 6.07) is 7.03. The van der Waals surface area contributed by atoms with Gasteiger partial charge in [-0.05, 0) is 152 Å². The van der Waals surface area contributed by atoms with Crippen LogP contribution in [0.1, 0.15) is 96.6 Å². The van der Waals surface area contributed by atoms with Gasteiger partial charge in [0.15, 0.2) is 0 Å². The van der Waals surface area contributed by atoms with Crippen LogP contribution in [0.15, 0.2) is 18.2 Å². The molecule has 0 radical (unpaired) electrons. The van der Waals surface area contributed by atoms with Crippen molar-refractivity contribution in [2.75, 3.05) is 52.4 Å². The minimum atomic E-state index is 0.132. The van der Waals surface area contributed by atoms with Gasteiger partial charge in [-0.15, -0.1) is 0 Å². The molecule has 0 spiro atoms. The van der Waals surface area contributed by atoms with Crippen molar-refractivity contribution in [3.63, 3.8) is 0 Å². The molecule has 0 aliphatic heterocycles. The molecule has 2 atom stereocenters.